The number of carboxylic acid groups (broad SMARTS) is 1. The molecule has 0 aliphatic rings. The predicted octanol–water partition coefficient (Wildman–Crippen LogP) is 0.0639. The number of hydrogen-bond donors (Lipinski definition) is 3. The van der Waals surface area contributed by atoms with Crippen LogP contribution in [0.2, 0.25) is 0 Å². The average molecular weight is 165 g/mol. The second-order valence-electron chi connectivity index (χ2n) is 2.12. The highest BCUT2D eigenvalue weighted by atomic mass is 16.4. The molecule has 0 saturated heterocycles. The van der Waals surface area contributed by atoms with Crippen molar-refractivity contribution in [3.05, 3.63) is 29.6 Å². The number of pyridine rings is 1. The summed E-state index contributed by atoms with van der Waals surface area (Å²) in [4.78, 5) is 14.2. The zero-order valence-corrected chi connectivity index (χ0v) is 6.11. The van der Waals surface area contributed by atoms with Gasteiger partial charge >= 0.3 is 5.97 Å². The highest BCUT2D eigenvalue weighted by molar-refractivity contribution is 6.03. The summed E-state index contributed by atoms with van der Waals surface area (Å²) in [7, 11) is 0. The Balaban J connectivity index is 3.27. The van der Waals surface area contributed by atoms with Gasteiger partial charge in [-0.2, -0.15) is 0 Å². The Kier molecular flexibility index (Phi) is 2.05. The topological polar surface area (TPSA) is 100 Å². The van der Waals surface area contributed by atoms with E-state index in [1.807, 2.05) is 0 Å². The first-order valence-electron chi connectivity index (χ1n) is 3.15. The number of rotatable bonds is 2. The largest absolute Gasteiger partial charge is 0.478 e. The molecule has 62 valence electrons. The molecule has 0 saturated carbocycles. The molecule has 0 amide bonds. The lowest BCUT2D eigenvalue weighted by Gasteiger charge is -2.00. The predicted molar refractivity (Wildman–Crippen MR) is 42.2 cm³/mol. The molecule has 4 N–H and O–H groups in total. The van der Waals surface area contributed by atoms with Gasteiger partial charge in [-0.05, 0) is 12.1 Å². The third kappa shape index (κ3) is 1.39. The van der Waals surface area contributed by atoms with E-state index in [9.17, 15) is 4.79 Å². The number of aromatic carboxylic acids is 1. The summed E-state index contributed by atoms with van der Waals surface area (Å²) in [6.45, 7) is 0. The van der Waals surface area contributed by atoms with Crippen molar-refractivity contribution in [2.75, 3.05) is 0 Å². The molecular weight excluding hydrogens is 158 g/mol. The fourth-order valence-corrected chi connectivity index (χ4v) is 0.793. The summed E-state index contributed by atoms with van der Waals surface area (Å²) in [6.07, 6.45) is 1.39. The highest BCUT2D eigenvalue weighted by Gasteiger charge is 2.11. The van der Waals surface area contributed by atoms with E-state index in [4.69, 9.17) is 16.2 Å². The van der Waals surface area contributed by atoms with Crippen molar-refractivity contribution in [1.29, 1.82) is 5.41 Å². The van der Waals surface area contributed by atoms with Crippen LogP contribution in [0.25, 0.3) is 0 Å². The lowest BCUT2D eigenvalue weighted by molar-refractivity contribution is 0.0696. The maximum Gasteiger partial charge on any atom is 0.338 e. The molecule has 1 rings (SSSR count). The molecule has 0 aliphatic heterocycles. The zero-order valence-electron chi connectivity index (χ0n) is 6.11. The second-order valence-corrected chi connectivity index (χ2v) is 2.12. The van der Waals surface area contributed by atoms with Gasteiger partial charge in [-0.15, -0.1) is 0 Å². The first-order valence-corrected chi connectivity index (χ1v) is 3.15. The van der Waals surface area contributed by atoms with Crippen LogP contribution >= 0.6 is 0 Å². The summed E-state index contributed by atoms with van der Waals surface area (Å²) in [5, 5.41) is 15.6. The summed E-state index contributed by atoms with van der Waals surface area (Å²) >= 11 is 0. The van der Waals surface area contributed by atoms with Crippen molar-refractivity contribution < 1.29 is 9.90 Å². The molecule has 5 heteroatoms. The van der Waals surface area contributed by atoms with Crippen LogP contribution in [-0.2, 0) is 0 Å². The maximum absolute atomic E-state index is 10.5. The summed E-state index contributed by atoms with van der Waals surface area (Å²) < 4.78 is 0. The van der Waals surface area contributed by atoms with Crippen molar-refractivity contribution in [3.63, 3.8) is 0 Å². The smallest absolute Gasteiger partial charge is 0.338 e. The number of carbonyl (C=O) groups is 1. The lowest BCUT2D eigenvalue weighted by Crippen LogP contribution is -2.17. The average Bonchev–Trinajstić information content (AvgIpc) is 2.04. The third-order valence-electron chi connectivity index (χ3n) is 1.29. The minimum atomic E-state index is -1.13. The normalized spacial score (nSPS) is 9.33. The van der Waals surface area contributed by atoms with E-state index in [1.165, 1.54) is 18.3 Å². The summed E-state index contributed by atoms with van der Waals surface area (Å²) in [5.74, 6) is -1.47. The van der Waals surface area contributed by atoms with Crippen molar-refractivity contribution in [2.24, 2.45) is 5.73 Å². The van der Waals surface area contributed by atoms with Crippen LogP contribution in [0.15, 0.2) is 18.3 Å². The van der Waals surface area contributed by atoms with Gasteiger partial charge < -0.3 is 10.8 Å². The molecule has 1 aromatic rings. The Morgan fingerprint density at radius 1 is 1.67 bits per heavy atom. The van der Waals surface area contributed by atoms with Gasteiger partial charge in [0.25, 0.3) is 0 Å². The fraction of sp³-hybridized carbons (Fsp3) is 0. The van der Waals surface area contributed by atoms with E-state index >= 15 is 0 Å². The molecule has 12 heavy (non-hydrogen) atoms. The van der Waals surface area contributed by atoms with Crippen LogP contribution in [-0.4, -0.2) is 21.9 Å². The molecule has 5 nitrogen and oxygen atoms in total. The number of nitrogens with zero attached hydrogens (tertiary/aromatic N) is 1. The van der Waals surface area contributed by atoms with Gasteiger partial charge in [0, 0.05) is 6.20 Å². The van der Waals surface area contributed by atoms with Crippen LogP contribution in [0.1, 0.15) is 16.1 Å². The van der Waals surface area contributed by atoms with Gasteiger partial charge in [0.15, 0.2) is 0 Å². The Bertz CT molecular complexity index is 302. The van der Waals surface area contributed by atoms with Crippen LogP contribution in [0, 0.1) is 5.41 Å². The molecular formula is C7H7N3O2. The number of nitrogens with one attached hydrogen (secondary N) is 1. The molecule has 0 bridgehead atoms. The molecule has 0 aliphatic carbocycles. The van der Waals surface area contributed by atoms with Crippen LogP contribution in [0.3, 0.4) is 0 Å². The van der Waals surface area contributed by atoms with Gasteiger partial charge in [-0.1, -0.05) is 0 Å². The lowest BCUT2D eigenvalue weighted by atomic mass is 10.2. The number of amidine groups is 1. The fourth-order valence-electron chi connectivity index (χ4n) is 0.793. The number of hydrogen-bond acceptors (Lipinski definition) is 3. The van der Waals surface area contributed by atoms with Crippen molar-refractivity contribution >= 4 is 11.8 Å². The van der Waals surface area contributed by atoms with E-state index in [1.54, 1.807) is 0 Å². The quantitative estimate of drug-likeness (QED) is 0.426. The van der Waals surface area contributed by atoms with E-state index in [-0.39, 0.29) is 17.1 Å². The molecule has 1 heterocycles. The number of nitrogen functional groups attached to an aromatic ring is 1. The van der Waals surface area contributed by atoms with Gasteiger partial charge in [-0.3, -0.25) is 10.4 Å². The third-order valence-corrected chi connectivity index (χ3v) is 1.29. The second kappa shape index (κ2) is 3.00. The minimum absolute atomic E-state index is 0.00463. The SMILES string of the molecule is N=C(N)c1ncccc1C(=O)O. The molecule has 0 radical (unpaired) electrons. The highest BCUT2D eigenvalue weighted by Crippen LogP contribution is 2.03. The molecule has 0 unspecified atom stereocenters. The standard InChI is InChI=1S/C7H7N3O2/c8-6(9)5-4(7(11)12)2-1-3-10-5/h1-3H,(H3,8,9)(H,11,12). The van der Waals surface area contributed by atoms with Crippen molar-refractivity contribution in [2.45, 2.75) is 0 Å². The van der Waals surface area contributed by atoms with Gasteiger partial charge in [0.1, 0.15) is 11.5 Å². The molecule has 1 aromatic heterocycles. The van der Waals surface area contributed by atoms with Gasteiger partial charge in [0.05, 0.1) is 5.56 Å². The van der Waals surface area contributed by atoms with Crippen LogP contribution < -0.4 is 5.73 Å². The number of aromatic nitrogens is 1. The Labute approximate surface area is 68.4 Å². The maximum atomic E-state index is 10.5. The molecule has 0 spiro atoms. The first-order chi connectivity index (χ1) is 5.63. The summed E-state index contributed by atoms with van der Waals surface area (Å²) in [5.41, 5.74) is 5.06. The van der Waals surface area contributed by atoms with Crippen molar-refractivity contribution in [1.82, 2.24) is 4.98 Å². The Hall–Kier alpha value is -1.91. The van der Waals surface area contributed by atoms with Crippen LogP contribution in [0.5, 0.6) is 0 Å². The molecule has 0 atom stereocenters. The van der Waals surface area contributed by atoms with E-state index in [0.29, 0.717) is 0 Å². The molecule has 0 aromatic carbocycles. The number of carboxylic acids is 1. The Morgan fingerprint density at radius 2 is 2.33 bits per heavy atom. The Morgan fingerprint density at radius 3 is 2.75 bits per heavy atom. The van der Waals surface area contributed by atoms with E-state index in [0.717, 1.165) is 0 Å². The number of nitrogens with two attached hydrogens (primary N) is 1. The van der Waals surface area contributed by atoms with Crippen LogP contribution in [0.4, 0.5) is 0 Å². The van der Waals surface area contributed by atoms with Gasteiger partial charge in [0.2, 0.25) is 0 Å². The monoisotopic (exact) mass is 165 g/mol. The van der Waals surface area contributed by atoms with E-state index < -0.39 is 5.97 Å². The summed E-state index contributed by atoms with van der Waals surface area (Å²) in [6, 6.07) is 2.84. The minimum Gasteiger partial charge on any atom is -0.478 e. The van der Waals surface area contributed by atoms with Gasteiger partial charge in [-0.25, -0.2) is 4.79 Å². The zero-order chi connectivity index (χ0) is 9.14. The first kappa shape index (κ1) is 8.19. The van der Waals surface area contributed by atoms with Crippen molar-refractivity contribution in [3.8, 4) is 0 Å². The van der Waals surface area contributed by atoms with E-state index in [2.05, 4.69) is 4.98 Å². The molecule has 0 fully saturated rings.